The van der Waals surface area contributed by atoms with Gasteiger partial charge in [-0.2, -0.15) is 10.4 Å². The molecule has 0 saturated carbocycles. The van der Waals surface area contributed by atoms with Gasteiger partial charge < -0.3 is 10.6 Å². The highest BCUT2D eigenvalue weighted by atomic mass is 19.1. The summed E-state index contributed by atoms with van der Waals surface area (Å²) >= 11 is 0. The number of carbonyl (C=O) groups is 1. The van der Waals surface area contributed by atoms with Gasteiger partial charge in [-0.25, -0.2) is 13.9 Å². The predicted octanol–water partition coefficient (Wildman–Crippen LogP) is 3.25. The number of nitrogens with one attached hydrogen (secondary N) is 2. The molecule has 130 valence electrons. The largest absolute Gasteiger partial charge is 0.338 e. The number of anilines is 1. The SMILES string of the molecule is N#Cc1cc(F)ccc1NC(=O)NCCc1ccc(-n2cccn2)cc1. The van der Waals surface area contributed by atoms with Gasteiger partial charge in [0.2, 0.25) is 0 Å². The standard InChI is InChI=1S/C19H16FN5O/c20-16-4-7-18(15(12-16)13-21)24-19(26)22-10-8-14-2-5-17(6-3-14)25-11-1-9-23-25/h1-7,9,11-12H,8,10H2,(H2,22,24,26). The number of urea groups is 1. The number of nitriles is 1. The number of rotatable bonds is 5. The summed E-state index contributed by atoms with van der Waals surface area (Å²) in [4.78, 5) is 11.9. The third kappa shape index (κ3) is 4.24. The summed E-state index contributed by atoms with van der Waals surface area (Å²) in [6, 6.07) is 14.8. The molecule has 0 fully saturated rings. The van der Waals surface area contributed by atoms with Gasteiger partial charge in [0, 0.05) is 18.9 Å². The molecule has 3 aromatic rings. The molecule has 0 aliphatic carbocycles. The maximum atomic E-state index is 13.1. The van der Waals surface area contributed by atoms with Crippen LogP contribution in [0.5, 0.6) is 0 Å². The molecule has 2 aromatic carbocycles. The fraction of sp³-hybridized carbons (Fsp3) is 0.105. The maximum Gasteiger partial charge on any atom is 0.319 e. The number of halogens is 1. The Balaban J connectivity index is 1.50. The molecule has 3 rings (SSSR count). The van der Waals surface area contributed by atoms with Crippen LogP contribution in [0.1, 0.15) is 11.1 Å². The molecule has 2 amide bonds. The molecule has 0 unspecified atom stereocenters. The van der Waals surface area contributed by atoms with Crippen LogP contribution in [0.2, 0.25) is 0 Å². The van der Waals surface area contributed by atoms with Crippen molar-refractivity contribution in [2.75, 3.05) is 11.9 Å². The number of aromatic nitrogens is 2. The van der Waals surface area contributed by atoms with E-state index >= 15 is 0 Å². The Hall–Kier alpha value is -3.66. The van der Waals surface area contributed by atoms with E-state index in [0.29, 0.717) is 13.0 Å². The van der Waals surface area contributed by atoms with Crippen molar-refractivity contribution >= 4 is 11.7 Å². The van der Waals surface area contributed by atoms with E-state index in [1.54, 1.807) is 10.9 Å². The molecule has 2 N–H and O–H groups in total. The van der Waals surface area contributed by atoms with Gasteiger partial charge >= 0.3 is 6.03 Å². The first-order valence-electron chi connectivity index (χ1n) is 7.99. The van der Waals surface area contributed by atoms with Crippen molar-refractivity contribution in [1.82, 2.24) is 15.1 Å². The smallest absolute Gasteiger partial charge is 0.319 e. The lowest BCUT2D eigenvalue weighted by molar-refractivity contribution is 0.252. The molecule has 6 nitrogen and oxygen atoms in total. The Labute approximate surface area is 149 Å². The molecule has 0 atom stereocenters. The molecule has 0 spiro atoms. The zero-order valence-corrected chi connectivity index (χ0v) is 13.8. The summed E-state index contributed by atoms with van der Waals surface area (Å²) < 4.78 is 14.9. The van der Waals surface area contributed by atoms with Crippen LogP contribution in [0, 0.1) is 17.1 Å². The number of carbonyl (C=O) groups excluding carboxylic acids is 1. The Morgan fingerprint density at radius 3 is 2.73 bits per heavy atom. The van der Waals surface area contributed by atoms with Crippen molar-refractivity contribution in [3.8, 4) is 11.8 Å². The molecular weight excluding hydrogens is 333 g/mol. The first-order chi connectivity index (χ1) is 12.7. The van der Waals surface area contributed by atoms with Crippen LogP contribution >= 0.6 is 0 Å². The summed E-state index contributed by atoms with van der Waals surface area (Å²) in [6.45, 7) is 0.427. The van der Waals surface area contributed by atoms with Crippen LogP contribution in [0.3, 0.4) is 0 Å². The number of hydrogen-bond acceptors (Lipinski definition) is 3. The van der Waals surface area contributed by atoms with Crippen LogP contribution in [0.25, 0.3) is 5.69 Å². The minimum atomic E-state index is -0.522. The van der Waals surface area contributed by atoms with E-state index in [1.807, 2.05) is 42.6 Å². The summed E-state index contributed by atoms with van der Waals surface area (Å²) in [5.74, 6) is -0.522. The van der Waals surface area contributed by atoms with Crippen molar-refractivity contribution < 1.29 is 9.18 Å². The maximum absolute atomic E-state index is 13.1. The van der Waals surface area contributed by atoms with Gasteiger partial charge in [0.25, 0.3) is 0 Å². The predicted molar refractivity (Wildman–Crippen MR) is 95.4 cm³/mol. The summed E-state index contributed by atoms with van der Waals surface area (Å²) in [7, 11) is 0. The first-order valence-corrected chi connectivity index (χ1v) is 7.99. The van der Waals surface area contributed by atoms with Crippen LogP contribution in [0.4, 0.5) is 14.9 Å². The van der Waals surface area contributed by atoms with Crippen LogP contribution in [0.15, 0.2) is 60.9 Å². The van der Waals surface area contributed by atoms with Gasteiger partial charge in [-0.3, -0.25) is 0 Å². The second-order valence-corrected chi connectivity index (χ2v) is 5.55. The monoisotopic (exact) mass is 349 g/mol. The lowest BCUT2D eigenvalue weighted by Crippen LogP contribution is -2.30. The average molecular weight is 349 g/mol. The second-order valence-electron chi connectivity index (χ2n) is 5.55. The van der Waals surface area contributed by atoms with Gasteiger partial charge in [0.1, 0.15) is 11.9 Å². The quantitative estimate of drug-likeness (QED) is 0.742. The van der Waals surface area contributed by atoms with E-state index in [9.17, 15) is 9.18 Å². The first kappa shape index (κ1) is 17.2. The third-order valence-electron chi connectivity index (χ3n) is 3.75. The normalized spacial score (nSPS) is 10.2. The number of amides is 2. The lowest BCUT2D eigenvalue weighted by Gasteiger charge is -2.09. The van der Waals surface area contributed by atoms with Gasteiger partial charge in [-0.05, 0) is 48.4 Å². The van der Waals surface area contributed by atoms with Gasteiger partial charge in [0.15, 0.2) is 0 Å². The van der Waals surface area contributed by atoms with Gasteiger partial charge in [0.05, 0.1) is 16.9 Å². The number of hydrogen-bond donors (Lipinski definition) is 2. The average Bonchev–Trinajstić information content (AvgIpc) is 3.18. The molecule has 1 aromatic heterocycles. The molecular formula is C19H16FN5O. The van der Waals surface area contributed by atoms with E-state index in [4.69, 9.17) is 5.26 Å². The Bertz CT molecular complexity index is 930. The fourth-order valence-electron chi connectivity index (χ4n) is 2.44. The zero-order valence-electron chi connectivity index (χ0n) is 13.8. The molecule has 26 heavy (non-hydrogen) atoms. The molecule has 0 aliphatic heterocycles. The third-order valence-corrected chi connectivity index (χ3v) is 3.75. The van der Waals surface area contributed by atoms with Crippen LogP contribution in [-0.2, 0) is 6.42 Å². The van der Waals surface area contributed by atoms with Crippen LogP contribution in [-0.4, -0.2) is 22.4 Å². The Morgan fingerprint density at radius 1 is 1.23 bits per heavy atom. The van der Waals surface area contributed by atoms with Gasteiger partial charge in [-0.15, -0.1) is 0 Å². The van der Waals surface area contributed by atoms with Crippen molar-refractivity contribution in [3.63, 3.8) is 0 Å². The van der Waals surface area contributed by atoms with E-state index in [-0.39, 0.29) is 11.3 Å². The highest BCUT2D eigenvalue weighted by Crippen LogP contribution is 2.15. The summed E-state index contributed by atoms with van der Waals surface area (Å²) in [5, 5.41) is 18.4. The molecule has 1 heterocycles. The Kier molecular flexibility index (Phi) is 5.25. The van der Waals surface area contributed by atoms with E-state index in [2.05, 4.69) is 15.7 Å². The van der Waals surface area contributed by atoms with Gasteiger partial charge in [-0.1, -0.05) is 12.1 Å². The molecule has 0 radical (unpaired) electrons. The van der Waals surface area contributed by atoms with Crippen molar-refractivity contribution in [2.45, 2.75) is 6.42 Å². The fourth-order valence-corrected chi connectivity index (χ4v) is 2.44. The molecule has 0 saturated heterocycles. The number of benzene rings is 2. The summed E-state index contributed by atoms with van der Waals surface area (Å²) in [6.07, 6.45) is 4.24. The van der Waals surface area contributed by atoms with Crippen molar-refractivity contribution in [2.24, 2.45) is 0 Å². The van der Waals surface area contributed by atoms with Crippen molar-refractivity contribution in [3.05, 3.63) is 77.9 Å². The molecule has 0 aliphatic rings. The molecule has 0 bridgehead atoms. The highest BCUT2D eigenvalue weighted by molar-refractivity contribution is 5.90. The zero-order chi connectivity index (χ0) is 18.4. The lowest BCUT2D eigenvalue weighted by atomic mass is 10.1. The topological polar surface area (TPSA) is 82.7 Å². The minimum Gasteiger partial charge on any atom is -0.338 e. The van der Waals surface area contributed by atoms with E-state index in [0.717, 1.165) is 17.3 Å². The minimum absolute atomic E-state index is 0.0781. The number of nitrogens with zero attached hydrogens (tertiary/aromatic N) is 3. The van der Waals surface area contributed by atoms with E-state index in [1.165, 1.54) is 12.1 Å². The van der Waals surface area contributed by atoms with Crippen molar-refractivity contribution in [1.29, 1.82) is 5.26 Å². The second kappa shape index (κ2) is 7.94. The van der Waals surface area contributed by atoms with Crippen LogP contribution < -0.4 is 10.6 Å². The molecule has 7 heteroatoms. The summed E-state index contributed by atoms with van der Waals surface area (Å²) in [5.41, 5.74) is 2.38. The highest BCUT2D eigenvalue weighted by Gasteiger charge is 2.07. The van der Waals surface area contributed by atoms with E-state index < -0.39 is 11.8 Å². The Morgan fingerprint density at radius 2 is 2.04 bits per heavy atom.